The summed E-state index contributed by atoms with van der Waals surface area (Å²) in [6.45, 7) is -0.269. The fourth-order valence-corrected chi connectivity index (χ4v) is 2.70. The molecular weight excluding hydrogens is 262 g/mol. The predicted molar refractivity (Wildman–Crippen MR) is 66.3 cm³/mol. The first kappa shape index (κ1) is 14.0. The highest BCUT2D eigenvalue weighted by Gasteiger charge is 2.18. The number of carboxylic acid groups (broad SMARTS) is 1. The average molecular weight is 275 g/mol. The van der Waals surface area contributed by atoms with E-state index in [4.69, 9.17) is 10.2 Å². The summed E-state index contributed by atoms with van der Waals surface area (Å²) in [5.41, 5.74) is 0. The van der Waals surface area contributed by atoms with Gasteiger partial charge in [0.2, 0.25) is 5.91 Å². The van der Waals surface area contributed by atoms with Crippen molar-refractivity contribution in [3.8, 4) is 0 Å². The Kier molecular flexibility index (Phi) is 6.03. The van der Waals surface area contributed by atoms with E-state index in [2.05, 4.69) is 5.32 Å². The lowest BCUT2D eigenvalue weighted by molar-refractivity contribution is -0.141. The molecule has 3 N–H and O–H groups in total. The molecule has 0 radical (unpaired) electrons. The Hall–Kier alpha value is -1.05. The van der Waals surface area contributed by atoms with Gasteiger partial charge in [-0.05, 0) is 11.4 Å². The van der Waals surface area contributed by atoms with Gasteiger partial charge in [-0.2, -0.15) is 0 Å². The molecule has 0 saturated heterocycles. The van der Waals surface area contributed by atoms with Crippen LogP contribution in [-0.2, 0) is 9.59 Å². The molecule has 0 aliphatic heterocycles. The molecule has 0 spiro atoms. The number of aliphatic hydroxyl groups is 1. The van der Waals surface area contributed by atoms with Crippen molar-refractivity contribution in [3.05, 3.63) is 17.5 Å². The van der Waals surface area contributed by atoms with Crippen molar-refractivity contribution >= 4 is 35.0 Å². The van der Waals surface area contributed by atoms with Gasteiger partial charge in [-0.1, -0.05) is 6.07 Å². The molecule has 0 aromatic carbocycles. The van der Waals surface area contributed by atoms with Crippen molar-refractivity contribution < 1.29 is 19.8 Å². The topological polar surface area (TPSA) is 86.6 Å². The molecule has 1 aromatic rings. The van der Waals surface area contributed by atoms with E-state index in [9.17, 15) is 9.59 Å². The molecule has 17 heavy (non-hydrogen) atoms. The minimum Gasteiger partial charge on any atom is -0.480 e. The van der Waals surface area contributed by atoms with E-state index >= 15 is 0 Å². The number of carbonyl (C=O) groups excluding carboxylic acids is 1. The van der Waals surface area contributed by atoms with Crippen LogP contribution in [0.1, 0.15) is 6.42 Å². The van der Waals surface area contributed by atoms with Crippen molar-refractivity contribution in [1.82, 2.24) is 5.32 Å². The molecule has 0 bridgehead atoms. The van der Waals surface area contributed by atoms with Gasteiger partial charge in [0.1, 0.15) is 6.04 Å². The van der Waals surface area contributed by atoms with Gasteiger partial charge in [0.25, 0.3) is 0 Å². The lowest BCUT2D eigenvalue weighted by Crippen LogP contribution is -2.42. The molecule has 1 aromatic heterocycles. The molecule has 1 rings (SSSR count). The number of carbonyl (C=O) groups is 2. The minimum absolute atomic E-state index is 0.0186. The second kappa shape index (κ2) is 7.31. The van der Waals surface area contributed by atoms with Gasteiger partial charge in [-0.25, -0.2) is 4.79 Å². The lowest BCUT2D eigenvalue weighted by Gasteiger charge is -2.12. The average Bonchev–Trinajstić information content (AvgIpc) is 2.78. The normalized spacial score (nSPS) is 12.1. The van der Waals surface area contributed by atoms with Crippen LogP contribution in [0.3, 0.4) is 0 Å². The van der Waals surface area contributed by atoms with Crippen LogP contribution in [0.25, 0.3) is 0 Å². The van der Waals surface area contributed by atoms with Crippen molar-refractivity contribution in [2.75, 3.05) is 12.4 Å². The van der Waals surface area contributed by atoms with E-state index in [1.807, 2.05) is 17.5 Å². The maximum Gasteiger partial charge on any atom is 0.326 e. The Morgan fingerprint density at radius 3 is 2.82 bits per heavy atom. The van der Waals surface area contributed by atoms with Gasteiger partial charge >= 0.3 is 5.97 Å². The summed E-state index contributed by atoms with van der Waals surface area (Å²) in [5.74, 6) is -1.30. The van der Waals surface area contributed by atoms with E-state index in [-0.39, 0.29) is 24.7 Å². The van der Waals surface area contributed by atoms with Crippen LogP contribution >= 0.6 is 23.1 Å². The first-order valence-electron chi connectivity index (χ1n) is 4.93. The molecular formula is C10H13NO4S2. The Bertz CT molecular complexity index is 366. The summed E-state index contributed by atoms with van der Waals surface area (Å²) >= 11 is 2.89. The van der Waals surface area contributed by atoms with E-state index in [0.29, 0.717) is 0 Å². The van der Waals surface area contributed by atoms with Gasteiger partial charge in [0.15, 0.2) is 0 Å². The van der Waals surface area contributed by atoms with Crippen molar-refractivity contribution in [2.24, 2.45) is 0 Å². The zero-order valence-electron chi connectivity index (χ0n) is 8.96. The Balaban J connectivity index is 2.34. The maximum absolute atomic E-state index is 11.5. The third-order valence-corrected chi connectivity index (χ3v) is 4.02. The number of rotatable bonds is 7. The number of amides is 1. The zero-order valence-corrected chi connectivity index (χ0v) is 10.6. The SMILES string of the molecule is O=C(CSc1cccs1)N[C@@H](CCO)C(=O)O. The third-order valence-electron chi connectivity index (χ3n) is 1.89. The highest BCUT2D eigenvalue weighted by molar-refractivity contribution is 8.01. The lowest BCUT2D eigenvalue weighted by atomic mass is 10.2. The molecule has 1 heterocycles. The van der Waals surface area contributed by atoms with Gasteiger partial charge in [0.05, 0.1) is 9.96 Å². The van der Waals surface area contributed by atoms with E-state index in [0.717, 1.165) is 4.21 Å². The standard InChI is InChI=1S/C10H13NO4S2/c12-4-3-7(10(14)15)11-8(13)6-17-9-2-1-5-16-9/h1-2,5,7,12H,3-4,6H2,(H,11,13)(H,14,15)/t7-/m0/s1. The monoisotopic (exact) mass is 275 g/mol. The molecule has 7 heteroatoms. The van der Waals surface area contributed by atoms with Gasteiger partial charge in [-0.3, -0.25) is 4.79 Å². The maximum atomic E-state index is 11.5. The van der Waals surface area contributed by atoms with Crippen molar-refractivity contribution in [3.63, 3.8) is 0 Å². The van der Waals surface area contributed by atoms with Crippen LogP contribution < -0.4 is 5.32 Å². The number of aliphatic carboxylic acids is 1. The molecule has 0 saturated carbocycles. The molecule has 1 atom stereocenters. The summed E-state index contributed by atoms with van der Waals surface area (Å²) in [6, 6.07) is 2.76. The largest absolute Gasteiger partial charge is 0.480 e. The zero-order chi connectivity index (χ0) is 12.7. The van der Waals surface area contributed by atoms with Gasteiger partial charge < -0.3 is 15.5 Å². The van der Waals surface area contributed by atoms with Crippen LogP contribution in [0.2, 0.25) is 0 Å². The van der Waals surface area contributed by atoms with Crippen LogP contribution in [-0.4, -0.2) is 40.5 Å². The first-order chi connectivity index (χ1) is 8.13. The Morgan fingerprint density at radius 1 is 1.53 bits per heavy atom. The van der Waals surface area contributed by atoms with E-state index in [1.54, 1.807) is 0 Å². The van der Waals surface area contributed by atoms with Crippen LogP contribution in [0.5, 0.6) is 0 Å². The molecule has 94 valence electrons. The number of aliphatic hydroxyl groups excluding tert-OH is 1. The number of thioether (sulfide) groups is 1. The quantitative estimate of drug-likeness (QED) is 0.641. The summed E-state index contributed by atoms with van der Waals surface area (Å²) in [6.07, 6.45) is 0.0186. The van der Waals surface area contributed by atoms with E-state index < -0.39 is 12.0 Å². The second-order valence-corrected chi connectivity index (χ2v) is 5.41. The summed E-state index contributed by atoms with van der Waals surface area (Å²) < 4.78 is 1.01. The Labute approximate surface area is 107 Å². The number of carboxylic acids is 1. The highest BCUT2D eigenvalue weighted by atomic mass is 32.2. The summed E-state index contributed by atoms with van der Waals surface area (Å²) in [7, 11) is 0. The number of hydrogen-bond donors (Lipinski definition) is 3. The third kappa shape index (κ3) is 5.20. The number of nitrogens with one attached hydrogen (secondary N) is 1. The number of hydrogen-bond acceptors (Lipinski definition) is 5. The highest BCUT2D eigenvalue weighted by Crippen LogP contribution is 2.22. The van der Waals surface area contributed by atoms with Crippen molar-refractivity contribution in [2.45, 2.75) is 16.7 Å². The predicted octanol–water partition coefficient (Wildman–Crippen LogP) is 0.792. The molecule has 1 amide bonds. The minimum atomic E-state index is -1.13. The molecule has 0 aliphatic rings. The molecule has 5 nitrogen and oxygen atoms in total. The van der Waals surface area contributed by atoms with Crippen LogP contribution in [0, 0.1) is 0 Å². The van der Waals surface area contributed by atoms with Gasteiger partial charge in [0, 0.05) is 13.0 Å². The van der Waals surface area contributed by atoms with E-state index in [1.165, 1.54) is 23.1 Å². The second-order valence-electron chi connectivity index (χ2n) is 3.19. The smallest absolute Gasteiger partial charge is 0.326 e. The summed E-state index contributed by atoms with van der Waals surface area (Å²) in [5, 5.41) is 21.7. The van der Waals surface area contributed by atoms with Crippen LogP contribution in [0.15, 0.2) is 21.7 Å². The summed E-state index contributed by atoms with van der Waals surface area (Å²) in [4.78, 5) is 22.2. The fraction of sp³-hybridized carbons (Fsp3) is 0.400. The first-order valence-corrected chi connectivity index (χ1v) is 6.79. The fourth-order valence-electron chi connectivity index (χ4n) is 1.10. The van der Waals surface area contributed by atoms with Gasteiger partial charge in [-0.15, -0.1) is 23.1 Å². The molecule has 0 fully saturated rings. The Morgan fingerprint density at radius 2 is 2.29 bits per heavy atom. The molecule has 0 unspecified atom stereocenters. The van der Waals surface area contributed by atoms with Crippen LogP contribution in [0.4, 0.5) is 0 Å². The molecule has 0 aliphatic carbocycles. The van der Waals surface area contributed by atoms with Crippen molar-refractivity contribution in [1.29, 1.82) is 0 Å². The number of thiophene rings is 1.